The molecule has 2 aromatic carbocycles. The highest BCUT2D eigenvalue weighted by Crippen LogP contribution is 2.45. The molecule has 7 nitrogen and oxygen atoms in total. The summed E-state index contributed by atoms with van der Waals surface area (Å²) in [4.78, 5) is 32.5. The molecule has 0 atom stereocenters. The summed E-state index contributed by atoms with van der Waals surface area (Å²) >= 11 is 4.65. The van der Waals surface area contributed by atoms with Gasteiger partial charge < -0.3 is 10.2 Å². The molecule has 0 spiro atoms. The van der Waals surface area contributed by atoms with Crippen molar-refractivity contribution in [1.29, 1.82) is 0 Å². The van der Waals surface area contributed by atoms with Crippen molar-refractivity contribution in [3.63, 3.8) is 0 Å². The third kappa shape index (κ3) is 4.65. The maximum atomic E-state index is 12.8. The highest BCUT2D eigenvalue weighted by Gasteiger charge is 2.26. The molecule has 0 saturated heterocycles. The molecule has 0 fully saturated rings. The molecule has 33 heavy (non-hydrogen) atoms. The summed E-state index contributed by atoms with van der Waals surface area (Å²) in [6, 6.07) is 14.3. The van der Waals surface area contributed by atoms with Crippen molar-refractivity contribution >= 4 is 61.2 Å². The van der Waals surface area contributed by atoms with Crippen LogP contribution in [0.3, 0.4) is 0 Å². The number of para-hydroxylation sites is 1. The van der Waals surface area contributed by atoms with Crippen LogP contribution >= 0.6 is 34.4 Å². The molecule has 2 aromatic heterocycles. The molecule has 168 valence electrons. The van der Waals surface area contributed by atoms with E-state index in [1.165, 1.54) is 34.3 Å². The smallest absolute Gasteiger partial charge is 0.269 e. The minimum atomic E-state index is -0.430. The summed E-state index contributed by atoms with van der Waals surface area (Å²) in [5.41, 5.74) is 3.35. The van der Waals surface area contributed by atoms with Gasteiger partial charge in [-0.05, 0) is 43.3 Å². The minimum absolute atomic E-state index is 0.0402. The first-order valence-electron chi connectivity index (χ1n) is 10.3. The summed E-state index contributed by atoms with van der Waals surface area (Å²) in [6.07, 6.45) is 0.932. The number of fused-ring (bicyclic) bond motifs is 2. The minimum Gasteiger partial charge on any atom is -0.316 e. The van der Waals surface area contributed by atoms with Crippen molar-refractivity contribution in [3.8, 4) is 10.6 Å². The normalized spacial score (nSPS) is 13.7. The van der Waals surface area contributed by atoms with Gasteiger partial charge >= 0.3 is 0 Å². The van der Waals surface area contributed by atoms with Crippen LogP contribution < -0.4 is 5.32 Å². The van der Waals surface area contributed by atoms with Gasteiger partial charge in [-0.2, -0.15) is 0 Å². The largest absolute Gasteiger partial charge is 0.316 e. The van der Waals surface area contributed by atoms with Crippen LogP contribution in [0, 0.1) is 10.1 Å². The monoisotopic (exact) mass is 496 g/mol. The van der Waals surface area contributed by atoms with E-state index in [0.29, 0.717) is 0 Å². The van der Waals surface area contributed by atoms with Gasteiger partial charge in [-0.25, -0.2) is 4.98 Å². The number of thiazole rings is 1. The Balaban J connectivity index is 1.39. The topological polar surface area (TPSA) is 88.4 Å². The van der Waals surface area contributed by atoms with E-state index in [0.717, 1.165) is 50.2 Å². The van der Waals surface area contributed by atoms with Crippen LogP contribution in [0.2, 0.25) is 0 Å². The molecule has 0 aliphatic carbocycles. The number of nitro benzene ring substituents is 1. The summed E-state index contributed by atoms with van der Waals surface area (Å²) in [5, 5.41) is 15.7. The number of thiophene rings is 1. The van der Waals surface area contributed by atoms with Crippen LogP contribution in [0.4, 0.5) is 10.7 Å². The van der Waals surface area contributed by atoms with Crippen LogP contribution in [-0.2, 0) is 17.8 Å². The number of rotatable bonds is 6. The van der Waals surface area contributed by atoms with Crippen LogP contribution in [0.25, 0.3) is 20.8 Å². The van der Waals surface area contributed by atoms with Crippen molar-refractivity contribution < 1.29 is 9.72 Å². The third-order valence-electron chi connectivity index (χ3n) is 5.43. The second kappa shape index (κ2) is 9.22. The lowest BCUT2D eigenvalue weighted by atomic mass is 10.0. The Hall–Kier alpha value is -2.79. The zero-order valence-electron chi connectivity index (χ0n) is 17.7. The van der Waals surface area contributed by atoms with E-state index in [-0.39, 0.29) is 17.3 Å². The molecule has 4 aromatic rings. The number of nitrogens with zero attached hydrogens (tertiary/aromatic N) is 3. The zero-order chi connectivity index (χ0) is 22.9. The quantitative estimate of drug-likeness (QED) is 0.211. The number of thioether (sulfide) groups is 1. The maximum Gasteiger partial charge on any atom is 0.269 e. The highest BCUT2D eigenvalue weighted by molar-refractivity contribution is 8.00. The lowest BCUT2D eigenvalue weighted by molar-refractivity contribution is -0.384. The molecule has 0 radical (unpaired) electrons. The van der Waals surface area contributed by atoms with Crippen molar-refractivity contribution in [3.05, 3.63) is 69.1 Å². The Morgan fingerprint density at radius 3 is 2.76 bits per heavy atom. The van der Waals surface area contributed by atoms with E-state index < -0.39 is 4.92 Å². The predicted octanol–water partition coefficient (Wildman–Crippen LogP) is 5.65. The fourth-order valence-corrected chi connectivity index (χ4v) is 6.95. The third-order valence-corrected chi connectivity index (χ3v) is 8.62. The van der Waals surface area contributed by atoms with E-state index in [9.17, 15) is 14.9 Å². The number of nitrogens with one attached hydrogen (secondary N) is 1. The van der Waals surface area contributed by atoms with Crippen LogP contribution in [0.1, 0.15) is 10.4 Å². The van der Waals surface area contributed by atoms with Gasteiger partial charge in [-0.3, -0.25) is 14.9 Å². The second-order valence-corrected chi connectivity index (χ2v) is 11.0. The van der Waals surface area contributed by atoms with E-state index in [1.807, 2.05) is 18.2 Å². The average Bonchev–Trinajstić information content (AvgIpc) is 3.38. The van der Waals surface area contributed by atoms with Crippen LogP contribution in [-0.4, -0.2) is 40.1 Å². The summed E-state index contributed by atoms with van der Waals surface area (Å²) in [7, 11) is 2.11. The van der Waals surface area contributed by atoms with Crippen molar-refractivity contribution in [2.75, 3.05) is 24.7 Å². The average molecular weight is 497 g/mol. The first-order chi connectivity index (χ1) is 16.0. The molecule has 1 aliphatic rings. The van der Waals surface area contributed by atoms with Gasteiger partial charge in [-0.15, -0.1) is 34.4 Å². The molecule has 0 saturated carbocycles. The van der Waals surface area contributed by atoms with E-state index >= 15 is 0 Å². The molecule has 3 heterocycles. The van der Waals surface area contributed by atoms with Gasteiger partial charge in [0.05, 0.1) is 20.9 Å². The van der Waals surface area contributed by atoms with Gasteiger partial charge in [0, 0.05) is 40.6 Å². The molecule has 5 rings (SSSR count). The van der Waals surface area contributed by atoms with E-state index in [2.05, 4.69) is 23.3 Å². The highest BCUT2D eigenvalue weighted by atomic mass is 32.2. The van der Waals surface area contributed by atoms with Crippen molar-refractivity contribution in [2.24, 2.45) is 0 Å². The summed E-state index contributed by atoms with van der Waals surface area (Å²) in [5.74, 6) is 0.118. The van der Waals surface area contributed by atoms with Crippen LogP contribution in [0.5, 0.6) is 0 Å². The Kier molecular flexibility index (Phi) is 6.15. The molecule has 0 bridgehead atoms. The lowest BCUT2D eigenvalue weighted by Gasteiger charge is -2.22. The summed E-state index contributed by atoms with van der Waals surface area (Å²) in [6.45, 7) is 1.84. The van der Waals surface area contributed by atoms with Gasteiger partial charge in [0.1, 0.15) is 10.0 Å². The Morgan fingerprint density at radius 1 is 1.21 bits per heavy atom. The molecular weight excluding hydrogens is 476 g/mol. The first-order valence-corrected chi connectivity index (χ1v) is 13.0. The number of carbonyl (C=O) groups excluding carboxylic acids is 1. The Labute approximate surface area is 202 Å². The fourth-order valence-electron chi connectivity index (χ4n) is 3.80. The van der Waals surface area contributed by atoms with Crippen molar-refractivity contribution in [2.45, 2.75) is 17.9 Å². The number of non-ortho nitro benzene ring substituents is 1. The number of nitro groups is 1. The van der Waals surface area contributed by atoms with Crippen molar-refractivity contribution in [1.82, 2.24) is 9.88 Å². The molecule has 1 amide bonds. The zero-order valence-corrected chi connectivity index (χ0v) is 20.2. The number of hydrogen-bond donors (Lipinski definition) is 1. The van der Waals surface area contributed by atoms with Gasteiger partial charge in [0.2, 0.25) is 5.91 Å². The second-order valence-electron chi connectivity index (χ2n) is 7.77. The lowest BCUT2D eigenvalue weighted by Crippen LogP contribution is -2.25. The Morgan fingerprint density at radius 2 is 2.00 bits per heavy atom. The van der Waals surface area contributed by atoms with E-state index in [4.69, 9.17) is 4.98 Å². The number of aromatic nitrogens is 1. The maximum absolute atomic E-state index is 12.8. The summed E-state index contributed by atoms with van der Waals surface area (Å²) < 4.78 is 1.13. The van der Waals surface area contributed by atoms with Gasteiger partial charge in [0.25, 0.3) is 5.69 Å². The number of hydrogen-bond acceptors (Lipinski definition) is 8. The molecule has 0 unspecified atom stereocenters. The number of amides is 1. The number of anilines is 1. The van der Waals surface area contributed by atoms with Gasteiger partial charge in [0.15, 0.2) is 0 Å². The first kappa shape index (κ1) is 22.0. The fraction of sp³-hybridized carbons (Fsp3) is 0.217. The number of likely N-dealkylation sites (N-methyl/N-ethyl adjacent to an activating group) is 1. The SMILES string of the molecule is CN1CCc2c(sc(NC(=O)CSc3ccc([N+](=O)[O-])cc3)c2-c2nc3ccccc3s2)C1. The Bertz CT molecular complexity index is 1310. The molecule has 1 N–H and O–H groups in total. The van der Waals surface area contributed by atoms with E-state index in [1.54, 1.807) is 34.8 Å². The molecule has 10 heteroatoms. The van der Waals surface area contributed by atoms with Crippen LogP contribution in [0.15, 0.2) is 53.4 Å². The molecular formula is C23H20N4O3S3. The standard InChI is InChI=1S/C23H20N4O3S3/c1-26-11-10-16-19(12-26)33-23(21(16)22-24-17-4-2-3-5-18(17)32-22)25-20(28)13-31-15-8-6-14(7-9-15)27(29)30/h2-9H,10-13H2,1H3,(H,25,28). The predicted molar refractivity (Wildman–Crippen MR) is 135 cm³/mol. The number of benzene rings is 2. The van der Waals surface area contributed by atoms with Gasteiger partial charge in [-0.1, -0.05) is 12.1 Å². The number of carbonyl (C=O) groups is 1. The molecule has 1 aliphatic heterocycles.